The number of carbonyl (C=O) groups is 1. The van der Waals surface area contributed by atoms with E-state index in [1.807, 2.05) is 27.7 Å². The van der Waals surface area contributed by atoms with Crippen molar-refractivity contribution in [2.24, 2.45) is 0 Å². The number of phenols is 2. The van der Waals surface area contributed by atoms with Crippen molar-refractivity contribution >= 4 is 5.78 Å². The molecule has 0 bridgehead atoms. The standard InChI is InChI=1S/C25H34O7/c1-5-9-29-19-13-17(26)14-20(30-10-6-2)23(19)25(28)24-21(31-11-7-3)15-18(27)16-22(24)32-12-8-4/h13-16,26-27H,5-12H2,1-4H3. The number of phenolic OH excluding ortho intramolecular Hbond substituents is 2. The summed E-state index contributed by atoms with van der Waals surface area (Å²) in [4.78, 5) is 13.9. The summed E-state index contributed by atoms with van der Waals surface area (Å²) in [6.45, 7) is 9.27. The molecule has 0 aliphatic heterocycles. The Bertz CT molecular complexity index is 762. The summed E-state index contributed by atoms with van der Waals surface area (Å²) in [5.41, 5.74) is 0.358. The van der Waals surface area contributed by atoms with E-state index in [9.17, 15) is 15.0 Å². The van der Waals surface area contributed by atoms with Gasteiger partial charge in [-0.1, -0.05) is 27.7 Å². The van der Waals surface area contributed by atoms with Crippen molar-refractivity contribution < 1.29 is 34.0 Å². The van der Waals surface area contributed by atoms with Crippen LogP contribution in [0.5, 0.6) is 34.5 Å². The van der Waals surface area contributed by atoms with E-state index in [1.165, 1.54) is 24.3 Å². The van der Waals surface area contributed by atoms with Gasteiger partial charge < -0.3 is 29.2 Å². The molecule has 2 aromatic carbocycles. The average Bonchev–Trinajstić information content (AvgIpc) is 2.77. The quantitative estimate of drug-likeness (QED) is 0.371. The van der Waals surface area contributed by atoms with E-state index in [-0.39, 0.29) is 45.6 Å². The molecule has 0 saturated heterocycles. The lowest BCUT2D eigenvalue weighted by Crippen LogP contribution is -2.13. The Morgan fingerprint density at radius 3 is 1.06 bits per heavy atom. The number of benzene rings is 2. The van der Waals surface area contributed by atoms with E-state index in [0.29, 0.717) is 26.4 Å². The van der Waals surface area contributed by atoms with Gasteiger partial charge in [-0.2, -0.15) is 0 Å². The minimum Gasteiger partial charge on any atom is -0.508 e. The van der Waals surface area contributed by atoms with Crippen LogP contribution in [-0.2, 0) is 0 Å². The van der Waals surface area contributed by atoms with Gasteiger partial charge >= 0.3 is 0 Å². The average molecular weight is 447 g/mol. The Kier molecular flexibility index (Phi) is 9.98. The molecule has 0 amide bonds. The van der Waals surface area contributed by atoms with Gasteiger partial charge in [0, 0.05) is 24.3 Å². The lowest BCUT2D eigenvalue weighted by Gasteiger charge is -2.19. The Balaban J connectivity index is 2.70. The summed E-state index contributed by atoms with van der Waals surface area (Å²) >= 11 is 0. The molecule has 0 aromatic heterocycles. The molecule has 2 rings (SSSR count). The molecule has 176 valence electrons. The fourth-order valence-corrected chi connectivity index (χ4v) is 3.03. The first-order valence-electron chi connectivity index (χ1n) is 11.3. The van der Waals surface area contributed by atoms with Gasteiger partial charge in [-0.25, -0.2) is 0 Å². The zero-order valence-corrected chi connectivity index (χ0v) is 19.4. The molecule has 0 radical (unpaired) electrons. The minimum absolute atomic E-state index is 0.0608. The predicted octanol–water partition coefficient (Wildman–Crippen LogP) is 5.48. The number of ether oxygens (including phenoxy) is 4. The highest BCUT2D eigenvalue weighted by Gasteiger charge is 2.28. The molecule has 32 heavy (non-hydrogen) atoms. The van der Waals surface area contributed by atoms with Crippen LogP contribution in [0.15, 0.2) is 24.3 Å². The van der Waals surface area contributed by atoms with Crippen LogP contribution in [0.25, 0.3) is 0 Å². The molecular formula is C25H34O7. The third kappa shape index (κ3) is 6.45. The molecule has 0 spiro atoms. The first kappa shape index (κ1) is 25.2. The third-order valence-corrected chi connectivity index (χ3v) is 4.40. The second-order valence-electron chi connectivity index (χ2n) is 7.36. The van der Waals surface area contributed by atoms with Crippen molar-refractivity contribution in [1.82, 2.24) is 0 Å². The van der Waals surface area contributed by atoms with Gasteiger partial charge in [-0.3, -0.25) is 4.79 Å². The van der Waals surface area contributed by atoms with E-state index >= 15 is 0 Å². The molecular weight excluding hydrogens is 412 g/mol. The zero-order valence-electron chi connectivity index (χ0n) is 19.4. The number of aromatic hydroxyl groups is 2. The summed E-state index contributed by atoms with van der Waals surface area (Å²) in [5.74, 6) is 0.332. The molecule has 0 atom stereocenters. The fraction of sp³-hybridized carbons (Fsp3) is 0.480. The number of hydrogen-bond acceptors (Lipinski definition) is 7. The molecule has 0 unspecified atom stereocenters. The Morgan fingerprint density at radius 2 is 0.844 bits per heavy atom. The highest BCUT2D eigenvalue weighted by atomic mass is 16.5. The number of rotatable bonds is 14. The van der Waals surface area contributed by atoms with Crippen molar-refractivity contribution in [2.45, 2.75) is 53.4 Å². The maximum Gasteiger partial charge on any atom is 0.208 e. The first-order valence-corrected chi connectivity index (χ1v) is 11.3. The molecule has 7 nitrogen and oxygen atoms in total. The van der Waals surface area contributed by atoms with Crippen LogP contribution in [0, 0.1) is 0 Å². The van der Waals surface area contributed by atoms with Crippen LogP contribution in [0.2, 0.25) is 0 Å². The highest BCUT2D eigenvalue weighted by molar-refractivity contribution is 6.16. The second kappa shape index (κ2) is 12.7. The summed E-state index contributed by atoms with van der Waals surface area (Å²) in [6.07, 6.45) is 2.90. The molecule has 0 aliphatic rings. The molecule has 2 N–H and O–H groups in total. The number of hydrogen-bond donors (Lipinski definition) is 2. The maximum atomic E-state index is 13.9. The number of carbonyl (C=O) groups excluding carboxylic acids is 1. The van der Waals surface area contributed by atoms with Crippen molar-refractivity contribution in [1.29, 1.82) is 0 Å². The van der Waals surface area contributed by atoms with E-state index in [0.717, 1.165) is 25.7 Å². The third-order valence-electron chi connectivity index (χ3n) is 4.40. The van der Waals surface area contributed by atoms with Crippen LogP contribution < -0.4 is 18.9 Å². The molecule has 2 aromatic rings. The topological polar surface area (TPSA) is 94.5 Å². The van der Waals surface area contributed by atoms with E-state index in [2.05, 4.69) is 0 Å². The Labute approximate surface area is 189 Å². The summed E-state index contributed by atoms with van der Waals surface area (Å²) in [7, 11) is 0. The Hall–Kier alpha value is -3.09. The fourth-order valence-electron chi connectivity index (χ4n) is 3.03. The van der Waals surface area contributed by atoms with E-state index in [4.69, 9.17) is 18.9 Å². The van der Waals surface area contributed by atoms with Gasteiger partial charge in [0.1, 0.15) is 45.6 Å². The van der Waals surface area contributed by atoms with Crippen LogP contribution >= 0.6 is 0 Å². The summed E-state index contributed by atoms with van der Waals surface area (Å²) in [5, 5.41) is 20.4. The molecule has 0 fully saturated rings. The second-order valence-corrected chi connectivity index (χ2v) is 7.36. The predicted molar refractivity (Wildman–Crippen MR) is 123 cm³/mol. The highest BCUT2D eigenvalue weighted by Crippen LogP contribution is 2.41. The minimum atomic E-state index is -0.431. The largest absolute Gasteiger partial charge is 0.508 e. The monoisotopic (exact) mass is 446 g/mol. The normalized spacial score (nSPS) is 10.6. The van der Waals surface area contributed by atoms with Gasteiger partial charge in [-0.05, 0) is 25.7 Å². The molecule has 7 heteroatoms. The van der Waals surface area contributed by atoms with Gasteiger partial charge in [0.05, 0.1) is 26.4 Å². The van der Waals surface area contributed by atoms with Crippen LogP contribution in [0.1, 0.15) is 69.3 Å². The van der Waals surface area contributed by atoms with Gasteiger partial charge in [0.15, 0.2) is 0 Å². The molecule has 0 aliphatic carbocycles. The number of ketones is 1. The lowest BCUT2D eigenvalue weighted by molar-refractivity contribution is 0.102. The zero-order chi connectivity index (χ0) is 23.5. The lowest BCUT2D eigenvalue weighted by atomic mass is 9.98. The van der Waals surface area contributed by atoms with Crippen LogP contribution in [0.4, 0.5) is 0 Å². The first-order chi connectivity index (χ1) is 15.5. The SMILES string of the molecule is CCCOc1cc(O)cc(OCCC)c1C(=O)c1c(OCCC)cc(O)cc1OCCC. The van der Waals surface area contributed by atoms with Gasteiger partial charge in [-0.15, -0.1) is 0 Å². The van der Waals surface area contributed by atoms with Crippen molar-refractivity contribution in [2.75, 3.05) is 26.4 Å². The van der Waals surface area contributed by atoms with Crippen molar-refractivity contribution in [3.8, 4) is 34.5 Å². The summed E-state index contributed by atoms with van der Waals surface area (Å²) < 4.78 is 23.2. The molecule has 0 saturated carbocycles. The van der Waals surface area contributed by atoms with Crippen LogP contribution in [0.3, 0.4) is 0 Å². The molecule has 0 heterocycles. The van der Waals surface area contributed by atoms with E-state index in [1.54, 1.807) is 0 Å². The summed E-state index contributed by atoms with van der Waals surface area (Å²) in [6, 6.07) is 5.62. The smallest absolute Gasteiger partial charge is 0.208 e. The van der Waals surface area contributed by atoms with E-state index < -0.39 is 5.78 Å². The maximum absolute atomic E-state index is 13.9. The van der Waals surface area contributed by atoms with Crippen molar-refractivity contribution in [3.05, 3.63) is 35.4 Å². The Morgan fingerprint density at radius 1 is 0.594 bits per heavy atom. The van der Waals surface area contributed by atoms with Gasteiger partial charge in [0.2, 0.25) is 5.78 Å². The van der Waals surface area contributed by atoms with Crippen LogP contribution in [-0.4, -0.2) is 42.4 Å². The van der Waals surface area contributed by atoms with Gasteiger partial charge in [0.25, 0.3) is 0 Å². The van der Waals surface area contributed by atoms with Crippen molar-refractivity contribution in [3.63, 3.8) is 0 Å².